The zero-order valence-electron chi connectivity index (χ0n) is 10.8. The molecule has 1 aliphatic carbocycles. The van der Waals surface area contributed by atoms with E-state index in [2.05, 4.69) is 15.2 Å². The highest BCUT2D eigenvalue weighted by Gasteiger charge is 2.18. The highest BCUT2D eigenvalue weighted by molar-refractivity contribution is 7.11. The molecule has 2 heterocycles. The first-order valence-electron chi connectivity index (χ1n) is 6.46. The number of aromatic amines is 1. The summed E-state index contributed by atoms with van der Waals surface area (Å²) in [6.45, 7) is 0.571. The van der Waals surface area contributed by atoms with Gasteiger partial charge in [0.05, 0.1) is 24.0 Å². The summed E-state index contributed by atoms with van der Waals surface area (Å²) in [5.74, 6) is -0.0260. The number of hydrogen-bond acceptors (Lipinski definition) is 4. The third-order valence-electron chi connectivity index (χ3n) is 3.35. The normalized spacial score (nSPS) is 14.2. The summed E-state index contributed by atoms with van der Waals surface area (Å²) >= 11 is 1.75. The summed E-state index contributed by atoms with van der Waals surface area (Å²) in [7, 11) is 1.80. The van der Waals surface area contributed by atoms with Gasteiger partial charge in [-0.2, -0.15) is 5.10 Å². The van der Waals surface area contributed by atoms with Gasteiger partial charge < -0.3 is 4.90 Å². The number of H-pyrrole nitrogens is 1. The van der Waals surface area contributed by atoms with Crippen molar-refractivity contribution in [1.29, 1.82) is 0 Å². The molecule has 0 saturated heterocycles. The maximum Gasteiger partial charge on any atom is 0.257 e. The van der Waals surface area contributed by atoms with Gasteiger partial charge in [0.25, 0.3) is 5.91 Å². The molecular formula is C13H16N4OS. The standard InChI is InChI=1S/C13H16N4OS/c1-17(13(18)9-6-14-15-7-9)8-12-16-10-4-2-3-5-11(10)19-12/h6-7H,2-5,8H2,1H3,(H,14,15). The van der Waals surface area contributed by atoms with E-state index in [0.717, 1.165) is 17.8 Å². The van der Waals surface area contributed by atoms with Gasteiger partial charge in [-0.1, -0.05) is 0 Å². The SMILES string of the molecule is CN(Cc1nc2c(s1)CCCC2)C(=O)c1cn[nH]c1. The molecule has 1 aliphatic rings. The number of fused-ring (bicyclic) bond motifs is 1. The van der Waals surface area contributed by atoms with Crippen LogP contribution in [0.25, 0.3) is 0 Å². The van der Waals surface area contributed by atoms with E-state index in [4.69, 9.17) is 0 Å². The van der Waals surface area contributed by atoms with E-state index < -0.39 is 0 Å². The van der Waals surface area contributed by atoms with Crippen molar-refractivity contribution >= 4 is 17.2 Å². The minimum Gasteiger partial charge on any atom is -0.335 e. The minimum atomic E-state index is -0.0260. The number of rotatable bonds is 3. The van der Waals surface area contributed by atoms with Crippen molar-refractivity contribution in [2.24, 2.45) is 0 Å². The van der Waals surface area contributed by atoms with Crippen molar-refractivity contribution in [2.45, 2.75) is 32.2 Å². The average Bonchev–Trinajstić information content (AvgIpc) is 3.06. The minimum absolute atomic E-state index is 0.0260. The second-order valence-electron chi connectivity index (χ2n) is 4.83. The number of aryl methyl sites for hydroxylation is 2. The smallest absolute Gasteiger partial charge is 0.257 e. The van der Waals surface area contributed by atoms with E-state index in [1.807, 2.05) is 0 Å². The zero-order valence-corrected chi connectivity index (χ0v) is 11.7. The number of carbonyl (C=O) groups is 1. The van der Waals surface area contributed by atoms with Gasteiger partial charge in [0.1, 0.15) is 5.01 Å². The quantitative estimate of drug-likeness (QED) is 0.933. The lowest BCUT2D eigenvalue weighted by molar-refractivity contribution is 0.0785. The van der Waals surface area contributed by atoms with Crippen LogP contribution in [0.3, 0.4) is 0 Å². The monoisotopic (exact) mass is 276 g/mol. The van der Waals surface area contributed by atoms with Gasteiger partial charge in [-0.05, 0) is 25.7 Å². The summed E-state index contributed by atoms with van der Waals surface area (Å²) in [5.41, 5.74) is 1.83. The van der Waals surface area contributed by atoms with Crippen LogP contribution in [-0.4, -0.2) is 33.0 Å². The summed E-state index contributed by atoms with van der Waals surface area (Å²) < 4.78 is 0. The molecule has 0 fully saturated rings. The van der Waals surface area contributed by atoms with Gasteiger partial charge in [0.2, 0.25) is 0 Å². The molecule has 1 N–H and O–H groups in total. The van der Waals surface area contributed by atoms with Crippen LogP contribution < -0.4 is 0 Å². The maximum atomic E-state index is 12.1. The summed E-state index contributed by atoms with van der Waals surface area (Å²) in [5, 5.41) is 7.49. The molecule has 2 aromatic rings. The van der Waals surface area contributed by atoms with E-state index in [0.29, 0.717) is 12.1 Å². The molecular weight excluding hydrogens is 260 g/mol. The summed E-state index contributed by atoms with van der Waals surface area (Å²) in [6, 6.07) is 0. The van der Waals surface area contributed by atoms with E-state index in [-0.39, 0.29) is 5.91 Å². The van der Waals surface area contributed by atoms with Crippen LogP contribution in [-0.2, 0) is 19.4 Å². The van der Waals surface area contributed by atoms with Crippen molar-refractivity contribution in [2.75, 3.05) is 7.05 Å². The van der Waals surface area contributed by atoms with Crippen molar-refractivity contribution in [1.82, 2.24) is 20.1 Å². The molecule has 0 saturated carbocycles. The summed E-state index contributed by atoms with van der Waals surface area (Å²) in [6.07, 6.45) is 7.90. The Morgan fingerprint density at radius 3 is 3.05 bits per heavy atom. The number of thiazole rings is 1. The maximum absolute atomic E-state index is 12.1. The number of carbonyl (C=O) groups excluding carboxylic acids is 1. The Bertz CT molecular complexity index is 552. The van der Waals surface area contributed by atoms with Crippen LogP contribution in [0.15, 0.2) is 12.4 Å². The fourth-order valence-electron chi connectivity index (χ4n) is 2.34. The second kappa shape index (κ2) is 5.13. The lowest BCUT2D eigenvalue weighted by Crippen LogP contribution is -2.25. The van der Waals surface area contributed by atoms with Gasteiger partial charge in [-0.15, -0.1) is 11.3 Å². The van der Waals surface area contributed by atoms with Crippen molar-refractivity contribution in [3.8, 4) is 0 Å². The van der Waals surface area contributed by atoms with Gasteiger partial charge in [0.15, 0.2) is 0 Å². The lowest BCUT2D eigenvalue weighted by Gasteiger charge is -2.14. The Morgan fingerprint density at radius 2 is 2.32 bits per heavy atom. The predicted molar refractivity (Wildman–Crippen MR) is 73.1 cm³/mol. The van der Waals surface area contributed by atoms with Crippen LogP contribution >= 0.6 is 11.3 Å². The molecule has 0 spiro atoms. The Hall–Kier alpha value is -1.69. The molecule has 0 bridgehead atoms. The third-order valence-corrected chi connectivity index (χ3v) is 4.50. The number of aromatic nitrogens is 3. The highest BCUT2D eigenvalue weighted by Crippen LogP contribution is 2.27. The van der Waals surface area contributed by atoms with Crippen LogP contribution in [0.5, 0.6) is 0 Å². The van der Waals surface area contributed by atoms with Crippen molar-refractivity contribution in [3.63, 3.8) is 0 Å². The van der Waals surface area contributed by atoms with E-state index in [9.17, 15) is 4.79 Å². The first-order valence-corrected chi connectivity index (χ1v) is 7.27. The molecule has 2 aromatic heterocycles. The van der Waals surface area contributed by atoms with Crippen LogP contribution in [0.4, 0.5) is 0 Å². The molecule has 6 heteroatoms. The number of nitrogens with one attached hydrogen (secondary N) is 1. The van der Waals surface area contributed by atoms with Gasteiger partial charge in [0, 0.05) is 18.1 Å². The summed E-state index contributed by atoms with van der Waals surface area (Å²) in [4.78, 5) is 19.8. The number of hydrogen-bond donors (Lipinski definition) is 1. The van der Waals surface area contributed by atoms with Gasteiger partial charge in [-0.25, -0.2) is 4.98 Å². The van der Waals surface area contributed by atoms with Crippen LogP contribution in [0, 0.1) is 0 Å². The number of nitrogens with zero attached hydrogens (tertiary/aromatic N) is 3. The van der Waals surface area contributed by atoms with Gasteiger partial charge in [-0.3, -0.25) is 9.89 Å². The molecule has 0 aromatic carbocycles. The highest BCUT2D eigenvalue weighted by atomic mass is 32.1. The van der Waals surface area contributed by atoms with Crippen molar-refractivity contribution in [3.05, 3.63) is 33.5 Å². The predicted octanol–water partition coefficient (Wildman–Crippen LogP) is 2.02. The molecule has 0 atom stereocenters. The van der Waals surface area contributed by atoms with Crippen molar-refractivity contribution < 1.29 is 4.79 Å². The Labute approximate surface area is 115 Å². The van der Waals surface area contributed by atoms with Crippen LogP contribution in [0.2, 0.25) is 0 Å². The fourth-order valence-corrected chi connectivity index (χ4v) is 3.55. The molecule has 0 aliphatic heterocycles. The average molecular weight is 276 g/mol. The van der Waals surface area contributed by atoms with Crippen LogP contribution in [0.1, 0.15) is 38.8 Å². The van der Waals surface area contributed by atoms with E-state index in [1.165, 1.54) is 23.4 Å². The number of amides is 1. The molecule has 1 amide bonds. The molecule has 100 valence electrons. The Balaban J connectivity index is 1.71. The third kappa shape index (κ3) is 2.53. The molecule has 0 unspecified atom stereocenters. The zero-order chi connectivity index (χ0) is 13.2. The first kappa shape index (κ1) is 12.3. The second-order valence-corrected chi connectivity index (χ2v) is 6.00. The fraction of sp³-hybridized carbons (Fsp3) is 0.462. The van der Waals surface area contributed by atoms with Gasteiger partial charge >= 0.3 is 0 Å². The molecule has 0 radical (unpaired) electrons. The molecule has 5 nitrogen and oxygen atoms in total. The Morgan fingerprint density at radius 1 is 1.47 bits per heavy atom. The Kier molecular flexibility index (Phi) is 3.33. The van der Waals surface area contributed by atoms with E-state index in [1.54, 1.807) is 35.7 Å². The largest absolute Gasteiger partial charge is 0.335 e. The van der Waals surface area contributed by atoms with E-state index >= 15 is 0 Å². The molecule has 19 heavy (non-hydrogen) atoms. The molecule has 3 rings (SSSR count). The first-order chi connectivity index (χ1) is 9.24. The lowest BCUT2D eigenvalue weighted by atomic mass is 10.0. The topological polar surface area (TPSA) is 61.9 Å².